The lowest BCUT2D eigenvalue weighted by Gasteiger charge is -2.14. The largest absolute Gasteiger partial charge is 0.368 e. The fourth-order valence-corrected chi connectivity index (χ4v) is 5.19. The summed E-state index contributed by atoms with van der Waals surface area (Å²) in [6.45, 7) is 5.19. The molecule has 2 aliphatic rings. The van der Waals surface area contributed by atoms with Crippen LogP contribution in [-0.2, 0) is 12.8 Å². The first-order chi connectivity index (χ1) is 19.5. The number of amidine groups is 2. The molecule has 9 heteroatoms. The van der Waals surface area contributed by atoms with Crippen molar-refractivity contribution in [2.45, 2.75) is 26.2 Å². The number of rotatable bonds is 10. The van der Waals surface area contributed by atoms with Gasteiger partial charge in [0.25, 0.3) is 5.84 Å². The Kier molecular flexibility index (Phi) is 8.61. The molecule has 204 valence electrons. The van der Waals surface area contributed by atoms with Gasteiger partial charge in [-0.1, -0.05) is 49.5 Å². The zero-order valence-electron chi connectivity index (χ0n) is 22.5. The highest BCUT2D eigenvalue weighted by Crippen LogP contribution is 2.22. The van der Waals surface area contributed by atoms with Crippen LogP contribution in [0.3, 0.4) is 0 Å². The SMILES string of the molecule is CCC(=O)c1ccc(CC(=S)Cc2cccc(C3=[NH+]CCN3)c2)cc1NC(=O)Nc1cccc(C2=NCCN2)c1. The van der Waals surface area contributed by atoms with E-state index in [1.165, 1.54) is 0 Å². The number of anilines is 2. The molecule has 5 N–H and O–H groups in total. The molecule has 3 aromatic carbocycles. The van der Waals surface area contributed by atoms with Crippen LogP contribution in [0, 0.1) is 0 Å². The normalized spacial score (nSPS) is 14.0. The number of nitrogens with zero attached hydrogens (tertiary/aromatic N) is 1. The fraction of sp³-hybridized carbons (Fsp3) is 0.258. The molecule has 8 nitrogen and oxygen atoms in total. The van der Waals surface area contributed by atoms with Crippen LogP contribution in [0.1, 0.15) is 46.0 Å². The molecular formula is C31H33N6O2S+. The number of urea groups is 1. The van der Waals surface area contributed by atoms with Crippen molar-refractivity contribution < 1.29 is 14.6 Å². The van der Waals surface area contributed by atoms with E-state index >= 15 is 0 Å². The fourth-order valence-electron chi connectivity index (χ4n) is 4.85. The molecule has 3 aromatic rings. The lowest BCUT2D eigenvalue weighted by molar-refractivity contribution is -0.444. The number of hydrogen-bond donors (Lipinski definition) is 5. The van der Waals surface area contributed by atoms with E-state index in [2.05, 4.69) is 49.5 Å². The van der Waals surface area contributed by atoms with Gasteiger partial charge in [0.05, 0.1) is 17.8 Å². The summed E-state index contributed by atoms with van der Waals surface area (Å²) in [5, 5.41) is 12.4. The number of nitrogens with one attached hydrogen (secondary N) is 5. The molecule has 0 saturated carbocycles. The van der Waals surface area contributed by atoms with E-state index in [-0.39, 0.29) is 5.78 Å². The van der Waals surface area contributed by atoms with Gasteiger partial charge in [-0.25, -0.2) is 4.79 Å². The van der Waals surface area contributed by atoms with E-state index in [9.17, 15) is 9.59 Å². The topological polar surface area (TPSA) is 109 Å². The average molecular weight is 554 g/mol. The highest BCUT2D eigenvalue weighted by atomic mass is 32.1. The second kappa shape index (κ2) is 12.7. The minimum atomic E-state index is -0.424. The molecule has 5 rings (SSSR count). The number of thiocarbonyl (C=S) groups is 1. The highest BCUT2D eigenvalue weighted by molar-refractivity contribution is 7.80. The van der Waals surface area contributed by atoms with Gasteiger partial charge in [0.2, 0.25) is 0 Å². The summed E-state index contributed by atoms with van der Waals surface area (Å²) in [5.74, 6) is 1.83. The third kappa shape index (κ3) is 6.79. The van der Waals surface area contributed by atoms with Crippen LogP contribution in [0.25, 0.3) is 0 Å². The van der Waals surface area contributed by atoms with E-state index < -0.39 is 6.03 Å². The van der Waals surface area contributed by atoms with Crippen molar-refractivity contribution >= 4 is 51.9 Å². The second-order valence-electron chi connectivity index (χ2n) is 9.79. The predicted octanol–water partition coefficient (Wildman–Crippen LogP) is 2.86. The van der Waals surface area contributed by atoms with E-state index in [1.54, 1.807) is 6.07 Å². The maximum Gasteiger partial charge on any atom is 0.323 e. The molecule has 0 unspecified atom stereocenters. The van der Waals surface area contributed by atoms with Crippen molar-refractivity contribution in [3.63, 3.8) is 0 Å². The molecule has 40 heavy (non-hydrogen) atoms. The number of aliphatic imine (C=N–C) groups is 1. The van der Waals surface area contributed by atoms with Crippen LogP contribution >= 0.6 is 12.2 Å². The lowest BCUT2D eigenvalue weighted by Crippen LogP contribution is -2.70. The molecule has 0 saturated heterocycles. The number of carbonyl (C=O) groups excluding carboxylic acids is 2. The molecule has 0 atom stereocenters. The van der Waals surface area contributed by atoms with Crippen molar-refractivity contribution in [2.75, 3.05) is 36.8 Å². The summed E-state index contributed by atoms with van der Waals surface area (Å²) >= 11 is 5.76. The molecule has 0 spiro atoms. The lowest BCUT2D eigenvalue weighted by atomic mass is 9.98. The Bertz CT molecular complexity index is 1510. The first-order valence-electron chi connectivity index (χ1n) is 13.6. The Balaban J connectivity index is 1.27. The number of hydrogen-bond acceptors (Lipinski definition) is 6. The van der Waals surface area contributed by atoms with Gasteiger partial charge in [0.1, 0.15) is 18.9 Å². The first-order valence-corrected chi connectivity index (χ1v) is 14.0. The summed E-state index contributed by atoms with van der Waals surface area (Å²) in [4.78, 5) is 34.3. The van der Waals surface area contributed by atoms with Crippen LogP contribution in [0.5, 0.6) is 0 Å². The average Bonchev–Trinajstić information content (AvgIpc) is 3.68. The maximum absolute atomic E-state index is 13.0. The second-order valence-corrected chi connectivity index (χ2v) is 10.4. The Morgan fingerprint density at radius 1 is 0.925 bits per heavy atom. The Morgan fingerprint density at radius 3 is 2.48 bits per heavy atom. The highest BCUT2D eigenvalue weighted by Gasteiger charge is 2.17. The molecular weight excluding hydrogens is 520 g/mol. The van der Waals surface area contributed by atoms with E-state index in [0.29, 0.717) is 36.2 Å². The zero-order valence-corrected chi connectivity index (χ0v) is 23.3. The van der Waals surface area contributed by atoms with Crippen LogP contribution < -0.4 is 26.3 Å². The molecule has 2 heterocycles. The van der Waals surface area contributed by atoms with Crippen LogP contribution in [0.15, 0.2) is 71.7 Å². The summed E-state index contributed by atoms with van der Waals surface area (Å²) in [6.07, 6.45) is 1.55. The van der Waals surface area contributed by atoms with Crippen LogP contribution in [0.4, 0.5) is 16.2 Å². The summed E-state index contributed by atoms with van der Waals surface area (Å²) in [5.41, 5.74) is 5.69. The monoisotopic (exact) mass is 553 g/mol. The molecule has 2 amide bonds. The Hall–Kier alpha value is -4.37. The van der Waals surface area contributed by atoms with E-state index in [0.717, 1.165) is 65.0 Å². The summed E-state index contributed by atoms with van der Waals surface area (Å²) in [6, 6.07) is 21.0. The minimum absolute atomic E-state index is 0.0415. The maximum atomic E-state index is 13.0. The third-order valence-electron chi connectivity index (χ3n) is 6.77. The summed E-state index contributed by atoms with van der Waals surface area (Å²) in [7, 11) is 0. The minimum Gasteiger partial charge on any atom is -0.368 e. The number of amides is 2. The predicted molar refractivity (Wildman–Crippen MR) is 164 cm³/mol. The standard InChI is InChI=1S/C31H32N6O2S/c1-2-28(38)26-10-9-21(17-25(40)16-20-5-3-6-22(15-20)29-32-11-12-33-29)18-27(26)37-31(39)36-24-8-4-7-23(19-24)30-34-13-14-35-30/h3-10,15,18-19H,2,11-14,16-17H2,1H3,(H,32,33)(H,34,35)(H2,36,37,39)/p+1. The number of Topliss-reactive ketones (excluding diaryl/α,β-unsaturated/α-hetero) is 1. The van der Waals surface area contributed by atoms with Crippen molar-refractivity contribution in [1.82, 2.24) is 10.6 Å². The first kappa shape index (κ1) is 27.2. The molecule has 0 aliphatic carbocycles. The Morgan fingerprint density at radius 2 is 1.73 bits per heavy atom. The van der Waals surface area contributed by atoms with Crippen molar-refractivity contribution in [1.29, 1.82) is 0 Å². The van der Waals surface area contributed by atoms with Crippen molar-refractivity contribution in [3.05, 3.63) is 94.5 Å². The number of benzene rings is 3. The molecule has 0 radical (unpaired) electrons. The van der Waals surface area contributed by atoms with E-state index in [1.807, 2.05) is 49.4 Å². The van der Waals surface area contributed by atoms with Crippen molar-refractivity contribution in [3.8, 4) is 0 Å². The van der Waals surface area contributed by atoms with Gasteiger partial charge in [-0.3, -0.25) is 20.1 Å². The van der Waals surface area contributed by atoms with Gasteiger partial charge < -0.3 is 16.0 Å². The molecule has 0 bridgehead atoms. The number of ketones is 1. The van der Waals surface area contributed by atoms with Gasteiger partial charge in [-0.2, -0.15) is 0 Å². The quantitative estimate of drug-likeness (QED) is 0.196. The van der Waals surface area contributed by atoms with Crippen molar-refractivity contribution in [2.24, 2.45) is 4.99 Å². The summed E-state index contributed by atoms with van der Waals surface area (Å²) < 4.78 is 0. The van der Waals surface area contributed by atoms with E-state index in [4.69, 9.17) is 12.2 Å². The van der Waals surface area contributed by atoms with Crippen LogP contribution in [-0.4, -0.2) is 54.5 Å². The van der Waals surface area contributed by atoms with Gasteiger partial charge in [0.15, 0.2) is 5.78 Å². The Labute approximate surface area is 239 Å². The zero-order chi connectivity index (χ0) is 27.9. The third-order valence-corrected chi connectivity index (χ3v) is 7.06. The van der Waals surface area contributed by atoms with Crippen LogP contribution in [0.2, 0.25) is 0 Å². The van der Waals surface area contributed by atoms with Gasteiger partial charge in [0, 0.05) is 47.5 Å². The molecule has 0 fully saturated rings. The smallest absolute Gasteiger partial charge is 0.323 e. The molecule has 0 aromatic heterocycles. The number of carbonyl (C=O) groups is 2. The molecule has 2 aliphatic heterocycles. The van der Waals surface area contributed by atoms with Gasteiger partial charge in [-0.05, 0) is 47.5 Å². The van der Waals surface area contributed by atoms with Gasteiger partial charge in [-0.15, -0.1) is 0 Å². The van der Waals surface area contributed by atoms with Gasteiger partial charge >= 0.3 is 6.03 Å².